The van der Waals surface area contributed by atoms with Gasteiger partial charge in [0.25, 0.3) is 0 Å². The highest BCUT2D eigenvalue weighted by Gasteiger charge is 2.45. The van der Waals surface area contributed by atoms with E-state index in [0.717, 1.165) is 25.7 Å². The van der Waals surface area contributed by atoms with Gasteiger partial charge in [-0.25, -0.2) is 0 Å². The summed E-state index contributed by atoms with van der Waals surface area (Å²) in [5.74, 6) is 0.296. The third-order valence-corrected chi connectivity index (χ3v) is 4.88. The minimum atomic E-state index is -0.392. The molecule has 0 N–H and O–H groups in total. The first-order valence-electron chi connectivity index (χ1n) is 8.24. The molecule has 2 unspecified atom stereocenters. The number of Topliss-reactive ketones (excluding diaryl/α,β-unsaturated/α-hetero) is 1. The molecule has 0 spiro atoms. The SMILES string of the molecule is CC1(C)CC(N=O)CC(C)(C(=O)CCCc2ccccc2)C1. The van der Waals surface area contributed by atoms with Gasteiger partial charge in [0.2, 0.25) is 0 Å². The van der Waals surface area contributed by atoms with Gasteiger partial charge in [-0.2, -0.15) is 4.91 Å². The number of nitroso groups, excluding NO2 is 1. The molecule has 1 aliphatic carbocycles. The molecule has 3 nitrogen and oxygen atoms in total. The van der Waals surface area contributed by atoms with Gasteiger partial charge in [-0.05, 0) is 43.1 Å². The van der Waals surface area contributed by atoms with Crippen LogP contribution in [0, 0.1) is 15.7 Å². The number of aryl methyl sites for hydroxylation is 1. The lowest BCUT2D eigenvalue weighted by atomic mass is 9.60. The molecule has 1 aliphatic rings. The summed E-state index contributed by atoms with van der Waals surface area (Å²) in [6, 6.07) is 10.0. The van der Waals surface area contributed by atoms with Crippen molar-refractivity contribution in [1.29, 1.82) is 0 Å². The van der Waals surface area contributed by atoms with Crippen LogP contribution in [0.25, 0.3) is 0 Å². The quantitative estimate of drug-likeness (QED) is 0.699. The summed E-state index contributed by atoms with van der Waals surface area (Å²) in [5, 5.41) is 3.25. The van der Waals surface area contributed by atoms with Gasteiger partial charge in [0.1, 0.15) is 5.78 Å². The Labute approximate surface area is 133 Å². The fourth-order valence-corrected chi connectivity index (χ4v) is 4.12. The fraction of sp³-hybridized carbons (Fsp3) is 0.632. The van der Waals surface area contributed by atoms with E-state index >= 15 is 0 Å². The van der Waals surface area contributed by atoms with E-state index in [1.807, 2.05) is 25.1 Å². The van der Waals surface area contributed by atoms with Gasteiger partial charge in [0.05, 0.1) is 6.04 Å². The van der Waals surface area contributed by atoms with E-state index in [-0.39, 0.29) is 11.5 Å². The van der Waals surface area contributed by atoms with Crippen molar-refractivity contribution in [1.82, 2.24) is 0 Å². The average molecular weight is 301 g/mol. The van der Waals surface area contributed by atoms with Gasteiger partial charge in [0.15, 0.2) is 0 Å². The second kappa shape index (κ2) is 6.72. The van der Waals surface area contributed by atoms with E-state index in [2.05, 4.69) is 31.2 Å². The number of carbonyl (C=O) groups excluding carboxylic acids is 1. The maximum absolute atomic E-state index is 12.7. The molecule has 2 atom stereocenters. The minimum absolute atomic E-state index is 0.0146. The smallest absolute Gasteiger partial charge is 0.138 e. The van der Waals surface area contributed by atoms with Crippen molar-refractivity contribution >= 4 is 5.78 Å². The predicted octanol–water partition coefficient (Wildman–Crippen LogP) is 4.93. The van der Waals surface area contributed by atoms with Gasteiger partial charge in [-0.15, -0.1) is 0 Å². The molecular weight excluding hydrogens is 274 g/mol. The Bertz CT molecular complexity index is 523. The first-order chi connectivity index (χ1) is 10.3. The summed E-state index contributed by atoms with van der Waals surface area (Å²) in [6.07, 6.45) is 4.66. The fourth-order valence-electron chi connectivity index (χ4n) is 4.12. The number of carbonyl (C=O) groups is 1. The standard InChI is InChI=1S/C19H27NO2/c1-18(2)12-16(20-22)13-19(3,14-18)17(21)11-7-10-15-8-5-4-6-9-15/h4-6,8-9,16H,7,10-14H2,1-3H3. The summed E-state index contributed by atoms with van der Waals surface area (Å²) >= 11 is 0. The Morgan fingerprint density at radius 2 is 1.86 bits per heavy atom. The van der Waals surface area contributed by atoms with E-state index in [1.165, 1.54) is 5.56 Å². The lowest BCUT2D eigenvalue weighted by molar-refractivity contribution is -0.132. The van der Waals surface area contributed by atoms with E-state index in [0.29, 0.717) is 18.6 Å². The van der Waals surface area contributed by atoms with Crippen LogP contribution in [0.3, 0.4) is 0 Å². The number of nitrogens with zero attached hydrogens (tertiary/aromatic N) is 1. The van der Waals surface area contributed by atoms with Gasteiger partial charge >= 0.3 is 0 Å². The summed E-state index contributed by atoms with van der Waals surface area (Å²) in [6.45, 7) is 6.30. The number of hydrogen-bond donors (Lipinski definition) is 0. The topological polar surface area (TPSA) is 46.5 Å². The average Bonchev–Trinajstić information content (AvgIpc) is 2.46. The zero-order chi connectivity index (χ0) is 16.2. The van der Waals surface area contributed by atoms with Crippen LogP contribution >= 0.6 is 0 Å². The normalized spacial score (nSPS) is 27.3. The van der Waals surface area contributed by atoms with Crippen molar-refractivity contribution in [3.63, 3.8) is 0 Å². The summed E-state index contributed by atoms with van der Waals surface area (Å²) < 4.78 is 0. The number of rotatable bonds is 6. The molecule has 22 heavy (non-hydrogen) atoms. The molecule has 0 radical (unpaired) electrons. The van der Waals surface area contributed by atoms with Crippen molar-refractivity contribution in [3.8, 4) is 0 Å². The highest BCUT2D eigenvalue weighted by atomic mass is 16.3. The first kappa shape index (κ1) is 16.9. The maximum Gasteiger partial charge on any atom is 0.138 e. The maximum atomic E-state index is 12.7. The Balaban J connectivity index is 1.94. The Morgan fingerprint density at radius 3 is 2.50 bits per heavy atom. The number of ketones is 1. The molecule has 0 bridgehead atoms. The van der Waals surface area contributed by atoms with Crippen LogP contribution in [0.4, 0.5) is 0 Å². The van der Waals surface area contributed by atoms with E-state index in [1.54, 1.807) is 0 Å². The van der Waals surface area contributed by atoms with Crippen LogP contribution in [0.15, 0.2) is 35.5 Å². The zero-order valence-electron chi connectivity index (χ0n) is 14.0. The highest BCUT2D eigenvalue weighted by molar-refractivity contribution is 5.84. The summed E-state index contributed by atoms with van der Waals surface area (Å²) in [4.78, 5) is 23.7. The molecule has 3 heteroatoms. The highest BCUT2D eigenvalue weighted by Crippen LogP contribution is 2.48. The lowest BCUT2D eigenvalue weighted by Crippen LogP contribution is -2.42. The van der Waals surface area contributed by atoms with Crippen LogP contribution in [-0.4, -0.2) is 11.8 Å². The molecule has 0 heterocycles. The Morgan fingerprint density at radius 1 is 1.18 bits per heavy atom. The van der Waals surface area contributed by atoms with Crippen molar-refractivity contribution in [2.24, 2.45) is 16.0 Å². The molecule has 2 rings (SSSR count). The molecule has 0 aromatic heterocycles. The van der Waals surface area contributed by atoms with Crippen LogP contribution in [0.2, 0.25) is 0 Å². The molecular formula is C19H27NO2. The lowest BCUT2D eigenvalue weighted by Gasteiger charge is -2.43. The number of benzene rings is 1. The van der Waals surface area contributed by atoms with Crippen molar-refractivity contribution in [2.75, 3.05) is 0 Å². The monoisotopic (exact) mass is 301 g/mol. The minimum Gasteiger partial charge on any atom is -0.299 e. The molecule has 120 valence electrons. The van der Waals surface area contributed by atoms with Crippen LogP contribution in [0.1, 0.15) is 58.4 Å². The predicted molar refractivity (Wildman–Crippen MR) is 89.7 cm³/mol. The van der Waals surface area contributed by atoms with Crippen molar-refractivity contribution < 1.29 is 4.79 Å². The van der Waals surface area contributed by atoms with E-state index < -0.39 is 5.41 Å². The third-order valence-electron chi connectivity index (χ3n) is 4.88. The summed E-state index contributed by atoms with van der Waals surface area (Å²) in [5.41, 5.74) is 0.898. The molecule has 1 aromatic carbocycles. The van der Waals surface area contributed by atoms with E-state index in [4.69, 9.17) is 0 Å². The molecule has 1 fully saturated rings. The Kier molecular flexibility index (Phi) is 5.15. The van der Waals surface area contributed by atoms with Crippen LogP contribution < -0.4 is 0 Å². The van der Waals surface area contributed by atoms with Crippen LogP contribution in [0.5, 0.6) is 0 Å². The second-order valence-corrected chi connectivity index (χ2v) is 7.83. The van der Waals surface area contributed by atoms with Gasteiger partial charge in [-0.3, -0.25) is 4.79 Å². The van der Waals surface area contributed by atoms with Crippen molar-refractivity contribution in [3.05, 3.63) is 40.8 Å². The van der Waals surface area contributed by atoms with Crippen molar-refractivity contribution in [2.45, 2.75) is 65.3 Å². The van der Waals surface area contributed by atoms with Gasteiger partial charge in [0, 0.05) is 11.8 Å². The molecule has 0 amide bonds. The molecule has 0 aliphatic heterocycles. The third kappa shape index (κ3) is 4.25. The van der Waals surface area contributed by atoms with Gasteiger partial charge in [-0.1, -0.05) is 56.3 Å². The van der Waals surface area contributed by atoms with Gasteiger partial charge < -0.3 is 0 Å². The molecule has 0 saturated heterocycles. The zero-order valence-corrected chi connectivity index (χ0v) is 14.0. The largest absolute Gasteiger partial charge is 0.299 e. The molecule has 1 aromatic rings. The summed E-state index contributed by atoms with van der Waals surface area (Å²) in [7, 11) is 0. The number of hydrogen-bond acceptors (Lipinski definition) is 3. The second-order valence-electron chi connectivity index (χ2n) is 7.83. The Hall–Kier alpha value is -1.51. The van der Waals surface area contributed by atoms with E-state index in [9.17, 15) is 9.70 Å². The first-order valence-corrected chi connectivity index (χ1v) is 8.24. The molecule has 1 saturated carbocycles. The van der Waals surface area contributed by atoms with Crippen LogP contribution in [-0.2, 0) is 11.2 Å².